The van der Waals surface area contributed by atoms with E-state index in [1.165, 1.54) is 11.3 Å². The Bertz CT molecular complexity index is 1020. The molecule has 0 fully saturated rings. The lowest BCUT2D eigenvalue weighted by atomic mass is 10.1. The first-order chi connectivity index (χ1) is 13.0. The Kier molecular flexibility index (Phi) is 8.10. The van der Waals surface area contributed by atoms with E-state index >= 15 is 0 Å². The Balaban J connectivity index is 0.00000280. The molecular weight excluding hydrogens is 415 g/mol. The fraction of sp³-hybridized carbons (Fsp3) is 0.381. The molecule has 7 heteroatoms. The Morgan fingerprint density at radius 2 is 1.82 bits per heavy atom. The molecule has 0 bridgehead atoms. The number of nitrogens with zero attached hydrogens (tertiary/aromatic N) is 2. The van der Waals surface area contributed by atoms with Gasteiger partial charge in [-0.1, -0.05) is 31.5 Å². The lowest BCUT2D eigenvalue weighted by molar-refractivity contribution is 0.283. The van der Waals surface area contributed by atoms with Crippen LogP contribution in [0.4, 0.5) is 5.69 Å². The molecule has 152 valence electrons. The van der Waals surface area contributed by atoms with Crippen molar-refractivity contribution >= 4 is 61.2 Å². The van der Waals surface area contributed by atoms with Crippen molar-refractivity contribution in [1.82, 2.24) is 4.90 Å². The van der Waals surface area contributed by atoms with Crippen LogP contribution in [-0.4, -0.2) is 43.2 Å². The van der Waals surface area contributed by atoms with E-state index in [1.807, 2.05) is 25.2 Å². The van der Waals surface area contributed by atoms with Crippen molar-refractivity contribution in [2.75, 3.05) is 38.1 Å². The van der Waals surface area contributed by atoms with Gasteiger partial charge in [0, 0.05) is 45.6 Å². The fourth-order valence-corrected chi connectivity index (χ4v) is 4.83. The first-order valence-corrected chi connectivity index (χ1v) is 10.4. The van der Waals surface area contributed by atoms with Gasteiger partial charge in [-0.3, -0.25) is 4.79 Å². The lowest BCUT2D eigenvalue weighted by Gasteiger charge is -2.25. The van der Waals surface area contributed by atoms with Crippen LogP contribution in [0.5, 0.6) is 0 Å². The van der Waals surface area contributed by atoms with Crippen LogP contribution >= 0.6 is 35.3 Å². The zero-order chi connectivity index (χ0) is 19.6. The molecule has 0 radical (unpaired) electrons. The van der Waals surface area contributed by atoms with E-state index in [-0.39, 0.29) is 24.4 Å². The van der Waals surface area contributed by atoms with Gasteiger partial charge in [-0.05, 0) is 42.9 Å². The molecule has 1 heterocycles. The van der Waals surface area contributed by atoms with Gasteiger partial charge in [-0.25, -0.2) is 0 Å². The molecule has 0 amide bonds. The third-order valence-corrected chi connectivity index (χ3v) is 6.54. The van der Waals surface area contributed by atoms with Crippen molar-refractivity contribution in [2.24, 2.45) is 0 Å². The molecule has 0 saturated heterocycles. The van der Waals surface area contributed by atoms with Gasteiger partial charge in [0.25, 0.3) is 0 Å². The maximum atomic E-state index is 13.3. The average Bonchev–Trinajstić information content (AvgIpc) is 2.67. The number of hydrogen-bond donors (Lipinski definition) is 1. The van der Waals surface area contributed by atoms with Gasteiger partial charge in [0.2, 0.25) is 0 Å². The molecule has 2 aromatic carbocycles. The Hall–Kier alpha value is -1.37. The second kappa shape index (κ2) is 9.90. The van der Waals surface area contributed by atoms with Crippen molar-refractivity contribution in [3.63, 3.8) is 0 Å². The van der Waals surface area contributed by atoms with Gasteiger partial charge >= 0.3 is 0 Å². The topological polar surface area (TPSA) is 43.8 Å². The summed E-state index contributed by atoms with van der Waals surface area (Å²) in [5.74, 6) is 0. The Morgan fingerprint density at radius 3 is 2.46 bits per heavy atom. The molecule has 3 aromatic rings. The van der Waals surface area contributed by atoms with E-state index in [1.54, 1.807) is 12.1 Å². The molecule has 4 nitrogen and oxygen atoms in total. The van der Waals surface area contributed by atoms with Gasteiger partial charge in [0.05, 0.1) is 12.0 Å². The first-order valence-electron chi connectivity index (χ1n) is 9.22. The number of anilines is 1. The number of halogens is 2. The van der Waals surface area contributed by atoms with Gasteiger partial charge in [0.15, 0.2) is 5.43 Å². The minimum Gasteiger partial charge on any atom is -0.392 e. The second-order valence-corrected chi connectivity index (χ2v) is 8.11. The quantitative estimate of drug-likeness (QED) is 0.537. The standard InChI is InChI=1S/C21H25ClN2O2S.ClH/c1-4-24(5-2)11-10-23(3)17-9-6-14(13-25)21-19(17)20(26)16-8-7-15(22)12-18(16)27-21;/h6-9,12,25H,4-5,10-11,13H2,1-3H3;1H. The van der Waals surface area contributed by atoms with Crippen LogP contribution in [0.1, 0.15) is 19.4 Å². The molecule has 0 aliphatic carbocycles. The molecule has 0 saturated carbocycles. The summed E-state index contributed by atoms with van der Waals surface area (Å²) in [6.45, 7) is 8.00. The summed E-state index contributed by atoms with van der Waals surface area (Å²) in [6, 6.07) is 9.23. The zero-order valence-corrected chi connectivity index (χ0v) is 18.8. The van der Waals surface area contributed by atoms with Crippen LogP contribution in [0.15, 0.2) is 35.1 Å². The van der Waals surface area contributed by atoms with E-state index in [4.69, 9.17) is 11.6 Å². The van der Waals surface area contributed by atoms with Crippen molar-refractivity contribution in [3.8, 4) is 0 Å². The van der Waals surface area contributed by atoms with Crippen LogP contribution in [0.3, 0.4) is 0 Å². The highest BCUT2D eigenvalue weighted by molar-refractivity contribution is 7.24. The van der Waals surface area contributed by atoms with Crippen molar-refractivity contribution in [1.29, 1.82) is 0 Å². The Labute approximate surface area is 180 Å². The molecule has 0 unspecified atom stereocenters. The largest absolute Gasteiger partial charge is 0.392 e. The van der Waals surface area contributed by atoms with Gasteiger partial charge < -0.3 is 14.9 Å². The summed E-state index contributed by atoms with van der Waals surface area (Å²) in [5.41, 5.74) is 1.68. The molecular formula is C21H26Cl2N2O2S. The summed E-state index contributed by atoms with van der Waals surface area (Å²) in [4.78, 5) is 17.8. The average molecular weight is 441 g/mol. The molecule has 0 aliphatic heterocycles. The lowest BCUT2D eigenvalue weighted by Crippen LogP contribution is -2.33. The molecule has 0 spiro atoms. The van der Waals surface area contributed by atoms with Crippen molar-refractivity contribution in [2.45, 2.75) is 20.5 Å². The smallest absolute Gasteiger partial charge is 0.197 e. The maximum Gasteiger partial charge on any atom is 0.197 e. The summed E-state index contributed by atoms with van der Waals surface area (Å²) in [7, 11) is 2.02. The fourth-order valence-electron chi connectivity index (χ4n) is 3.36. The zero-order valence-electron chi connectivity index (χ0n) is 16.4. The SMILES string of the molecule is CCN(CC)CCN(C)c1ccc(CO)c2sc3cc(Cl)ccc3c(=O)c12.Cl. The molecule has 1 N–H and O–H groups in total. The van der Waals surface area contributed by atoms with E-state index in [0.29, 0.717) is 15.8 Å². The van der Waals surface area contributed by atoms with Crippen LogP contribution in [-0.2, 0) is 6.61 Å². The van der Waals surface area contributed by atoms with Crippen LogP contribution in [0, 0.1) is 0 Å². The predicted octanol–water partition coefficient (Wildman–Crippen LogP) is 4.76. The molecule has 28 heavy (non-hydrogen) atoms. The highest BCUT2D eigenvalue weighted by Gasteiger charge is 2.16. The minimum atomic E-state index is -0.0953. The first kappa shape index (κ1) is 22.9. The number of benzene rings is 2. The van der Waals surface area contributed by atoms with Crippen molar-refractivity contribution in [3.05, 3.63) is 51.1 Å². The van der Waals surface area contributed by atoms with Crippen molar-refractivity contribution < 1.29 is 5.11 Å². The van der Waals surface area contributed by atoms with E-state index in [9.17, 15) is 9.90 Å². The maximum absolute atomic E-state index is 13.3. The van der Waals surface area contributed by atoms with E-state index < -0.39 is 0 Å². The Morgan fingerprint density at radius 1 is 1.11 bits per heavy atom. The normalized spacial score (nSPS) is 11.2. The van der Waals surface area contributed by atoms with E-state index in [2.05, 4.69) is 23.6 Å². The number of hydrogen-bond acceptors (Lipinski definition) is 5. The second-order valence-electron chi connectivity index (χ2n) is 6.63. The predicted molar refractivity (Wildman–Crippen MR) is 125 cm³/mol. The van der Waals surface area contributed by atoms with Crippen LogP contribution in [0.2, 0.25) is 5.02 Å². The van der Waals surface area contributed by atoms with Crippen LogP contribution < -0.4 is 10.3 Å². The molecule has 0 atom stereocenters. The number of fused-ring (bicyclic) bond motifs is 2. The summed E-state index contributed by atoms with van der Waals surface area (Å²) < 4.78 is 1.68. The van der Waals surface area contributed by atoms with E-state index in [0.717, 1.165) is 46.8 Å². The third kappa shape index (κ3) is 4.44. The summed E-state index contributed by atoms with van der Waals surface area (Å²) in [5, 5.41) is 11.7. The van der Waals surface area contributed by atoms with Gasteiger partial charge in [-0.2, -0.15) is 0 Å². The number of aliphatic hydroxyl groups excluding tert-OH is 1. The number of aliphatic hydroxyl groups is 1. The highest BCUT2D eigenvalue weighted by atomic mass is 35.5. The molecule has 0 aliphatic rings. The molecule has 1 aromatic heterocycles. The van der Waals surface area contributed by atoms with Crippen LogP contribution in [0.25, 0.3) is 20.2 Å². The monoisotopic (exact) mass is 440 g/mol. The van der Waals surface area contributed by atoms with Gasteiger partial charge in [0.1, 0.15) is 0 Å². The minimum absolute atomic E-state index is 0. The number of likely N-dealkylation sites (N-methyl/N-ethyl adjacent to an activating group) is 2. The third-order valence-electron chi connectivity index (χ3n) is 5.07. The molecule has 3 rings (SSSR count). The highest BCUT2D eigenvalue weighted by Crippen LogP contribution is 2.34. The summed E-state index contributed by atoms with van der Waals surface area (Å²) >= 11 is 7.63. The number of rotatable bonds is 7. The van der Waals surface area contributed by atoms with Gasteiger partial charge in [-0.15, -0.1) is 23.7 Å². The summed E-state index contributed by atoms with van der Waals surface area (Å²) in [6.07, 6.45) is 0.